The summed E-state index contributed by atoms with van der Waals surface area (Å²) in [6.07, 6.45) is -25.3. The molecule has 4 saturated heterocycles. The van der Waals surface area contributed by atoms with E-state index in [0.717, 1.165) is 32.1 Å². The van der Waals surface area contributed by atoms with Crippen molar-refractivity contribution in [1.82, 2.24) is 0 Å². The fourth-order valence-electron chi connectivity index (χ4n) is 6.38. The molecule has 4 heterocycles. The van der Waals surface area contributed by atoms with E-state index < -0.39 is 143 Å². The quantitative estimate of drug-likeness (QED) is 0.0616. The zero-order valence-corrected chi connectivity index (χ0v) is 29.3. The van der Waals surface area contributed by atoms with Gasteiger partial charge < -0.3 is 99.2 Å². The van der Waals surface area contributed by atoms with Crippen LogP contribution < -0.4 is 0 Å². The summed E-state index contributed by atoms with van der Waals surface area (Å²) in [7, 11) is 0. The molecule has 12 N–H and O–H groups in total. The number of hydrogen-bond acceptors (Lipinski definition) is 20. The van der Waals surface area contributed by atoms with Crippen LogP contribution in [0.3, 0.4) is 0 Å². The van der Waals surface area contributed by atoms with Crippen molar-refractivity contribution in [3.63, 3.8) is 0 Å². The highest BCUT2D eigenvalue weighted by atomic mass is 16.8. The van der Waals surface area contributed by atoms with Crippen molar-refractivity contribution in [2.75, 3.05) is 26.4 Å². The van der Waals surface area contributed by atoms with Gasteiger partial charge in [0.1, 0.15) is 91.6 Å². The lowest BCUT2D eigenvalue weighted by Crippen LogP contribution is -2.63. The van der Waals surface area contributed by atoms with Gasteiger partial charge in [-0.1, -0.05) is 39.0 Å². The maximum Gasteiger partial charge on any atom is 0.186 e. The zero-order chi connectivity index (χ0) is 38.3. The first-order chi connectivity index (χ1) is 24.7. The van der Waals surface area contributed by atoms with E-state index in [2.05, 4.69) is 6.92 Å². The number of aliphatic hydroxyl groups is 12. The molecule has 0 unspecified atom stereocenters. The molecular formula is C32H58O20. The summed E-state index contributed by atoms with van der Waals surface area (Å²) in [4.78, 5) is 0. The van der Waals surface area contributed by atoms with Crippen molar-refractivity contribution < 1.29 is 99.2 Å². The van der Waals surface area contributed by atoms with Gasteiger partial charge in [-0.25, -0.2) is 0 Å². The van der Waals surface area contributed by atoms with Gasteiger partial charge in [0.05, 0.1) is 25.9 Å². The lowest BCUT2D eigenvalue weighted by atomic mass is 9.98. The first-order valence-electron chi connectivity index (χ1n) is 17.9. The van der Waals surface area contributed by atoms with Crippen LogP contribution in [0.4, 0.5) is 0 Å². The number of aliphatic hydroxyl groups excluding tert-OH is 12. The Morgan fingerprint density at radius 1 is 0.365 bits per heavy atom. The van der Waals surface area contributed by atoms with Crippen molar-refractivity contribution in [2.45, 2.75) is 175 Å². The van der Waals surface area contributed by atoms with Gasteiger partial charge in [0.2, 0.25) is 0 Å². The molecule has 4 fully saturated rings. The molecule has 4 rings (SSSR count). The van der Waals surface area contributed by atoms with Crippen LogP contribution in [0, 0.1) is 0 Å². The van der Waals surface area contributed by atoms with Crippen molar-refractivity contribution in [3.05, 3.63) is 0 Å². The zero-order valence-electron chi connectivity index (χ0n) is 29.3. The maximum absolute atomic E-state index is 10.6. The Kier molecular flexibility index (Phi) is 17.2. The second-order valence-corrected chi connectivity index (χ2v) is 13.9. The van der Waals surface area contributed by atoms with Crippen molar-refractivity contribution in [2.24, 2.45) is 0 Å². The number of rotatable bonds is 17. The third-order valence-corrected chi connectivity index (χ3v) is 9.87. The molecule has 4 aliphatic heterocycles. The molecule has 20 nitrogen and oxygen atoms in total. The number of ether oxygens (including phenoxy) is 8. The average Bonchev–Trinajstić information content (AvgIpc) is 3.13. The first kappa shape index (κ1) is 43.9. The topological polar surface area (TPSA) is 317 Å². The van der Waals surface area contributed by atoms with Gasteiger partial charge in [-0.2, -0.15) is 0 Å². The largest absolute Gasteiger partial charge is 0.388 e. The predicted molar refractivity (Wildman–Crippen MR) is 170 cm³/mol. The monoisotopic (exact) mass is 762 g/mol. The lowest BCUT2D eigenvalue weighted by Gasteiger charge is -2.44. The molecule has 0 amide bonds. The molecule has 0 aromatic rings. The minimum atomic E-state index is -1.84. The highest BCUT2D eigenvalue weighted by Gasteiger charge is 2.50. The molecule has 0 radical (unpaired) electrons. The number of hydrogen-bond donors (Lipinski definition) is 12. The smallest absolute Gasteiger partial charge is 0.186 e. The Bertz CT molecular complexity index is 1030. The van der Waals surface area contributed by atoms with E-state index in [1.807, 2.05) is 0 Å². The van der Waals surface area contributed by atoms with E-state index in [1.54, 1.807) is 0 Å². The molecule has 0 bridgehead atoms. The fraction of sp³-hybridized carbons (Fsp3) is 1.00. The standard InChI is InChI=1S/C32H58O20/c1-3-4-5-6-7-8-9-45-29-26(42)22(38)18(34)14(50-29)11-47-31-28(44)24(40)20(36)16(52-31)12-48-32-27(43)23(39)19(35)15(51-32)10-46-30-25(41)21(37)17(33)13(2)49-30/h13-44H,3-12H2,1-2H3/t13-,14-,15-,16-,17-,18-,19-,20-,21+,22+,23+,24+,25+,26+,27+,28+,29+,30+,31+,32+/m1/s1. The Labute approximate surface area is 300 Å². The highest BCUT2D eigenvalue weighted by Crippen LogP contribution is 2.29. The van der Waals surface area contributed by atoms with Gasteiger partial charge in [0.25, 0.3) is 0 Å². The summed E-state index contributed by atoms with van der Waals surface area (Å²) in [5, 5.41) is 125. The molecule has 20 heteroatoms. The predicted octanol–water partition coefficient (Wildman–Crippen LogP) is -5.34. The van der Waals surface area contributed by atoms with Gasteiger partial charge in [-0.3, -0.25) is 0 Å². The summed E-state index contributed by atoms with van der Waals surface area (Å²) < 4.78 is 44.4. The maximum atomic E-state index is 10.6. The number of unbranched alkanes of at least 4 members (excludes halogenated alkanes) is 5. The summed E-state index contributed by atoms with van der Waals surface area (Å²) in [5.74, 6) is 0. The van der Waals surface area contributed by atoms with Crippen molar-refractivity contribution in [1.29, 1.82) is 0 Å². The van der Waals surface area contributed by atoms with Gasteiger partial charge in [-0.15, -0.1) is 0 Å². The third kappa shape index (κ3) is 10.7. The third-order valence-electron chi connectivity index (χ3n) is 9.87. The first-order valence-corrected chi connectivity index (χ1v) is 17.9. The highest BCUT2D eigenvalue weighted by molar-refractivity contribution is 4.94. The van der Waals surface area contributed by atoms with Crippen LogP contribution in [0.15, 0.2) is 0 Å². The SMILES string of the molecule is CCCCCCCCO[C@H]1O[C@H](CO[C@H]2O[C@H](CO[C@H]3O[C@H](CO[C@H]4O[C@H](C)[C@@H](O)[C@H](O)[C@@H]4O)[C@@H](O)[C@H](O)[C@@H]3O)[C@@H](O)[C@H](O)[C@@H]2O)[C@@H](O)[C@H](O)[C@@H]1O. The summed E-state index contributed by atoms with van der Waals surface area (Å²) in [6.45, 7) is 2.09. The van der Waals surface area contributed by atoms with E-state index in [4.69, 9.17) is 37.9 Å². The van der Waals surface area contributed by atoms with E-state index in [9.17, 15) is 61.3 Å². The van der Waals surface area contributed by atoms with Crippen LogP contribution in [-0.2, 0) is 37.9 Å². The molecule has 0 saturated carbocycles. The van der Waals surface area contributed by atoms with Crippen molar-refractivity contribution >= 4 is 0 Å². The summed E-state index contributed by atoms with van der Waals surface area (Å²) in [6, 6.07) is 0. The normalized spacial score (nSPS) is 47.4. The van der Waals surface area contributed by atoms with E-state index in [-0.39, 0.29) is 6.61 Å². The Morgan fingerprint density at radius 3 is 1.10 bits per heavy atom. The summed E-state index contributed by atoms with van der Waals surface area (Å²) in [5.41, 5.74) is 0. The molecule has 20 atom stereocenters. The van der Waals surface area contributed by atoms with Gasteiger partial charge in [0, 0.05) is 6.61 Å². The van der Waals surface area contributed by atoms with Crippen LogP contribution >= 0.6 is 0 Å². The lowest BCUT2D eigenvalue weighted by molar-refractivity contribution is -0.347. The van der Waals surface area contributed by atoms with Crippen LogP contribution in [-0.4, -0.2) is 211 Å². The van der Waals surface area contributed by atoms with Crippen LogP contribution in [0.25, 0.3) is 0 Å². The molecule has 306 valence electrons. The Balaban J connectivity index is 1.29. The molecule has 0 aliphatic carbocycles. The average molecular weight is 763 g/mol. The molecule has 0 aromatic heterocycles. The van der Waals surface area contributed by atoms with E-state index >= 15 is 0 Å². The van der Waals surface area contributed by atoms with Gasteiger partial charge in [-0.05, 0) is 13.3 Å². The second kappa shape index (κ2) is 20.4. The Morgan fingerprint density at radius 2 is 0.692 bits per heavy atom. The minimum Gasteiger partial charge on any atom is -0.388 e. The summed E-state index contributed by atoms with van der Waals surface area (Å²) >= 11 is 0. The Hall–Kier alpha value is -0.800. The van der Waals surface area contributed by atoms with Crippen LogP contribution in [0.2, 0.25) is 0 Å². The molecule has 0 spiro atoms. The van der Waals surface area contributed by atoms with E-state index in [0.29, 0.717) is 6.42 Å². The van der Waals surface area contributed by atoms with Gasteiger partial charge >= 0.3 is 0 Å². The molecule has 4 aliphatic rings. The van der Waals surface area contributed by atoms with Crippen LogP contribution in [0.1, 0.15) is 52.4 Å². The minimum absolute atomic E-state index is 0.232. The van der Waals surface area contributed by atoms with Crippen LogP contribution in [0.5, 0.6) is 0 Å². The second-order valence-electron chi connectivity index (χ2n) is 13.9. The molecular weight excluding hydrogens is 704 g/mol. The van der Waals surface area contributed by atoms with Crippen molar-refractivity contribution in [3.8, 4) is 0 Å². The fourth-order valence-corrected chi connectivity index (χ4v) is 6.38. The van der Waals surface area contributed by atoms with E-state index in [1.165, 1.54) is 6.92 Å². The molecule has 0 aromatic carbocycles. The van der Waals surface area contributed by atoms with Gasteiger partial charge in [0.15, 0.2) is 25.2 Å². The molecule has 52 heavy (non-hydrogen) atoms.